The Labute approximate surface area is 138 Å². The molecular weight excluding hydrogens is 292 g/mol. The zero-order valence-corrected chi connectivity index (χ0v) is 14.0. The fraction of sp³-hybridized carbons (Fsp3) is 0.556. The number of benzene rings is 1. The molecule has 0 unspecified atom stereocenters. The summed E-state index contributed by atoms with van der Waals surface area (Å²) >= 11 is 0. The standard InChI is InChI=1S/C18H26N2O3/c1-3-22-16-10-8-15(9-11-16)12-19-23-13-18(21)20-17-7-5-4-6-14(17)2/h8-12,14,17H,3-7,13H2,1-2H3,(H,20,21)/b19-12-/t14-,17+/m0/s1. The molecule has 2 atom stereocenters. The van der Waals surface area contributed by atoms with Gasteiger partial charge in [0.25, 0.3) is 5.91 Å². The quantitative estimate of drug-likeness (QED) is 0.620. The van der Waals surface area contributed by atoms with E-state index in [1.807, 2.05) is 31.2 Å². The summed E-state index contributed by atoms with van der Waals surface area (Å²) in [5.74, 6) is 1.26. The van der Waals surface area contributed by atoms with Gasteiger partial charge >= 0.3 is 0 Å². The Morgan fingerprint density at radius 2 is 2.04 bits per heavy atom. The molecule has 1 aromatic rings. The zero-order valence-electron chi connectivity index (χ0n) is 14.0. The number of nitrogens with zero attached hydrogens (tertiary/aromatic N) is 1. The highest BCUT2D eigenvalue weighted by atomic mass is 16.6. The van der Waals surface area contributed by atoms with Gasteiger partial charge in [0, 0.05) is 6.04 Å². The molecule has 1 fully saturated rings. The first-order chi connectivity index (χ1) is 11.2. The molecule has 126 valence electrons. The summed E-state index contributed by atoms with van der Waals surface area (Å²) in [7, 11) is 0. The number of ether oxygens (including phenoxy) is 1. The largest absolute Gasteiger partial charge is 0.494 e. The lowest BCUT2D eigenvalue weighted by atomic mass is 9.86. The lowest BCUT2D eigenvalue weighted by molar-refractivity contribution is -0.126. The van der Waals surface area contributed by atoms with Gasteiger partial charge in [-0.3, -0.25) is 4.79 Å². The molecular formula is C18H26N2O3. The number of hydrogen-bond acceptors (Lipinski definition) is 4. The van der Waals surface area contributed by atoms with Crippen LogP contribution in [0, 0.1) is 5.92 Å². The molecule has 5 heteroatoms. The summed E-state index contributed by atoms with van der Waals surface area (Å²) < 4.78 is 5.37. The van der Waals surface area contributed by atoms with Crippen molar-refractivity contribution in [2.75, 3.05) is 13.2 Å². The second-order valence-corrected chi connectivity index (χ2v) is 5.95. The minimum atomic E-state index is -0.104. The van der Waals surface area contributed by atoms with E-state index in [1.165, 1.54) is 19.3 Å². The van der Waals surface area contributed by atoms with E-state index >= 15 is 0 Å². The number of hydrogen-bond donors (Lipinski definition) is 1. The monoisotopic (exact) mass is 318 g/mol. The van der Waals surface area contributed by atoms with E-state index in [0.29, 0.717) is 12.5 Å². The van der Waals surface area contributed by atoms with Crippen LogP contribution in [0.1, 0.15) is 45.1 Å². The van der Waals surface area contributed by atoms with Gasteiger partial charge in [-0.2, -0.15) is 0 Å². The number of carbonyl (C=O) groups excluding carboxylic acids is 1. The van der Waals surface area contributed by atoms with Gasteiger partial charge in [0.05, 0.1) is 12.8 Å². The molecule has 0 aromatic heterocycles. The van der Waals surface area contributed by atoms with Crippen LogP contribution in [-0.4, -0.2) is 31.4 Å². The molecule has 23 heavy (non-hydrogen) atoms. The lowest BCUT2D eigenvalue weighted by Crippen LogP contribution is -2.42. The Bertz CT molecular complexity index is 514. The van der Waals surface area contributed by atoms with Crippen LogP contribution in [0.3, 0.4) is 0 Å². The van der Waals surface area contributed by atoms with E-state index in [1.54, 1.807) is 6.21 Å². The van der Waals surface area contributed by atoms with E-state index in [0.717, 1.165) is 17.7 Å². The van der Waals surface area contributed by atoms with Crippen molar-refractivity contribution in [2.24, 2.45) is 11.1 Å². The van der Waals surface area contributed by atoms with Crippen LogP contribution in [0.4, 0.5) is 0 Å². The van der Waals surface area contributed by atoms with Crippen LogP contribution in [-0.2, 0) is 9.63 Å². The third-order valence-electron chi connectivity index (χ3n) is 4.12. The predicted molar refractivity (Wildman–Crippen MR) is 90.7 cm³/mol. The van der Waals surface area contributed by atoms with Crippen LogP contribution in [0.5, 0.6) is 5.75 Å². The fourth-order valence-corrected chi connectivity index (χ4v) is 2.79. The molecule has 1 saturated carbocycles. The summed E-state index contributed by atoms with van der Waals surface area (Å²) in [6.07, 6.45) is 6.28. The Kier molecular flexibility index (Phi) is 6.91. The molecule has 0 spiro atoms. The zero-order chi connectivity index (χ0) is 16.5. The summed E-state index contributed by atoms with van der Waals surface area (Å²) in [6.45, 7) is 4.74. The lowest BCUT2D eigenvalue weighted by Gasteiger charge is -2.29. The van der Waals surface area contributed by atoms with Crippen LogP contribution in [0.2, 0.25) is 0 Å². The molecule has 5 nitrogen and oxygen atoms in total. The minimum Gasteiger partial charge on any atom is -0.494 e. The molecule has 0 bridgehead atoms. The normalized spacial score (nSPS) is 21.1. The maximum absolute atomic E-state index is 11.9. The predicted octanol–water partition coefficient (Wildman–Crippen LogP) is 3.13. The average molecular weight is 318 g/mol. The highest BCUT2D eigenvalue weighted by Crippen LogP contribution is 2.23. The second kappa shape index (κ2) is 9.18. The van der Waals surface area contributed by atoms with Crippen molar-refractivity contribution in [3.8, 4) is 5.75 Å². The van der Waals surface area contributed by atoms with Crippen molar-refractivity contribution in [3.05, 3.63) is 29.8 Å². The SMILES string of the molecule is CCOc1ccc(/C=N\OCC(=O)N[C@@H]2CCCC[C@@H]2C)cc1. The van der Waals surface area contributed by atoms with Crippen molar-refractivity contribution in [3.63, 3.8) is 0 Å². The van der Waals surface area contributed by atoms with Gasteiger partial charge in [-0.25, -0.2) is 0 Å². The smallest absolute Gasteiger partial charge is 0.261 e. The molecule has 1 aliphatic rings. The third-order valence-corrected chi connectivity index (χ3v) is 4.12. The summed E-state index contributed by atoms with van der Waals surface area (Å²) in [6, 6.07) is 7.81. The molecule has 0 aliphatic heterocycles. The maximum Gasteiger partial charge on any atom is 0.261 e. The topological polar surface area (TPSA) is 59.9 Å². The van der Waals surface area contributed by atoms with Crippen molar-refractivity contribution in [1.82, 2.24) is 5.32 Å². The van der Waals surface area contributed by atoms with Gasteiger partial charge < -0.3 is 14.9 Å². The van der Waals surface area contributed by atoms with E-state index in [9.17, 15) is 4.79 Å². The second-order valence-electron chi connectivity index (χ2n) is 5.95. The van der Waals surface area contributed by atoms with Gasteiger partial charge in [-0.15, -0.1) is 0 Å². The Balaban J connectivity index is 1.70. The first-order valence-electron chi connectivity index (χ1n) is 8.36. The number of amides is 1. The van der Waals surface area contributed by atoms with Crippen molar-refractivity contribution in [2.45, 2.75) is 45.6 Å². The van der Waals surface area contributed by atoms with E-state index < -0.39 is 0 Å². The average Bonchev–Trinajstić information content (AvgIpc) is 2.55. The number of rotatable bonds is 7. The molecule has 2 rings (SSSR count). The minimum absolute atomic E-state index is 0.0449. The molecule has 1 N–H and O–H groups in total. The highest BCUT2D eigenvalue weighted by molar-refractivity contribution is 5.80. The maximum atomic E-state index is 11.9. The molecule has 0 radical (unpaired) electrons. The van der Waals surface area contributed by atoms with Crippen LogP contribution < -0.4 is 10.1 Å². The van der Waals surface area contributed by atoms with Crippen molar-refractivity contribution in [1.29, 1.82) is 0 Å². The summed E-state index contributed by atoms with van der Waals surface area (Å²) in [5.41, 5.74) is 0.898. The molecule has 1 aliphatic carbocycles. The van der Waals surface area contributed by atoms with Crippen LogP contribution in [0.15, 0.2) is 29.4 Å². The van der Waals surface area contributed by atoms with Gasteiger partial charge in [0.15, 0.2) is 6.61 Å². The van der Waals surface area contributed by atoms with Crippen molar-refractivity contribution >= 4 is 12.1 Å². The molecule has 0 saturated heterocycles. The number of carbonyl (C=O) groups is 1. The molecule has 0 heterocycles. The molecule has 1 amide bonds. The molecule has 1 aromatic carbocycles. The van der Waals surface area contributed by atoms with Crippen molar-refractivity contribution < 1.29 is 14.4 Å². The Morgan fingerprint density at radius 3 is 2.74 bits per heavy atom. The van der Waals surface area contributed by atoms with Gasteiger partial charge in [0.2, 0.25) is 0 Å². The Hall–Kier alpha value is -2.04. The van der Waals surface area contributed by atoms with Gasteiger partial charge in [-0.05, 0) is 55.5 Å². The Morgan fingerprint density at radius 1 is 1.30 bits per heavy atom. The highest BCUT2D eigenvalue weighted by Gasteiger charge is 2.22. The number of nitrogens with one attached hydrogen (secondary N) is 1. The first kappa shape index (κ1) is 17.3. The van der Waals surface area contributed by atoms with Crippen LogP contribution in [0.25, 0.3) is 0 Å². The van der Waals surface area contributed by atoms with Gasteiger partial charge in [-0.1, -0.05) is 24.9 Å². The van der Waals surface area contributed by atoms with E-state index in [2.05, 4.69) is 17.4 Å². The van der Waals surface area contributed by atoms with E-state index in [4.69, 9.17) is 9.57 Å². The van der Waals surface area contributed by atoms with E-state index in [-0.39, 0.29) is 18.6 Å². The third kappa shape index (κ3) is 5.93. The van der Waals surface area contributed by atoms with Gasteiger partial charge in [0.1, 0.15) is 5.75 Å². The summed E-state index contributed by atoms with van der Waals surface area (Å²) in [5, 5.41) is 6.88. The fourth-order valence-electron chi connectivity index (χ4n) is 2.79. The van der Waals surface area contributed by atoms with Crippen LogP contribution >= 0.6 is 0 Å². The first-order valence-corrected chi connectivity index (χ1v) is 8.36. The summed E-state index contributed by atoms with van der Waals surface area (Å²) in [4.78, 5) is 16.9. The number of oxime groups is 1.